The van der Waals surface area contributed by atoms with E-state index in [1.165, 1.54) is 0 Å². The van der Waals surface area contributed by atoms with E-state index >= 15 is 0 Å². The van der Waals surface area contributed by atoms with Crippen molar-refractivity contribution in [3.8, 4) is 6.07 Å². The summed E-state index contributed by atoms with van der Waals surface area (Å²) < 4.78 is 0. The van der Waals surface area contributed by atoms with E-state index in [2.05, 4.69) is 26.9 Å². The van der Waals surface area contributed by atoms with Gasteiger partial charge in [-0.3, -0.25) is 9.89 Å². The third kappa shape index (κ3) is 3.20. The maximum Gasteiger partial charge on any atom is 0.244 e. The number of hydrogen-bond donors (Lipinski definition) is 3. The van der Waals surface area contributed by atoms with E-state index in [1.807, 2.05) is 0 Å². The lowest BCUT2D eigenvalue weighted by Gasteiger charge is -2.07. The standard InChI is InChI=1S/C15H15N5O/c16-7-10-1-5-12(6-2-10)17-9-14(21)19-15-13(8-18-20-15)11-3-4-11/h1-2,5-6,8,11,17H,3-4,9H2,(H2,18,19,20,21). The van der Waals surface area contributed by atoms with Crippen LogP contribution in [0.5, 0.6) is 0 Å². The van der Waals surface area contributed by atoms with Crippen LogP contribution in [0.3, 0.4) is 0 Å². The fourth-order valence-electron chi connectivity index (χ4n) is 2.13. The topological polar surface area (TPSA) is 93.6 Å². The van der Waals surface area contributed by atoms with Crippen LogP contribution in [-0.4, -0.2) is 22.6 Å². The molecule has 1 aliphatic carbocycles. The van der Waals surface area contributed by atoms with E-state index in [4.69, 9.17) is 5.26 Å². The fourth-order valence-corrected chi connectivity index (χ4v) is 2.13. The van der Waals surface area contributed by atoms with Crippen LogP contribution in [0.25, 0.3) is 0 Å². The molecule has 1 amide bonds. The number of carbonyl (C=O) groups excluding carboxylic acids is 1. The van der Waals surface area contributed by atoms with E-state index in [1.54, 1.807) is 30.5 Å². The van der Waals surface area contributed by atoms with Gasteiger partial charge in [0.1, 0.15) is 5.82 Å². The Hall–Kier alpha value is -2.81. The van der Waals surface area contributed by atoms with Crippen LogP contribution in [0.2, 0.25) is 0 Å². The summed E-state index contributed by atoms with van der Waals surface area (Å²) in [4.78, 5) is 11.9. The Kier molecular flexibility index (Phi) is 3.56. The lowest BCUT2D eigenvalue weighted by Crippen LogP contribution is -2.22. The second-order valence-electron chi connectivity index (χ2n) is 5.07. The number of nitrogens with one attached hydrogen (secondary N) is 3. The largest absolute Gasteiger partial charge is 0.376 e. The molecule has 0 aliphatic heterocycles. The van der Waals surface area contributed by atoms with Gasteiger partial charge in [-0.05, 0) is 43.0 Å². The van der Waals surface area contributed by atoms with Crippen LogP contribution in [-0.2, 0) is 4.79 Å². The van der Waals surface area contributed by atoms with Gasteiger partial charge in [0, 0.05) is 11.3 Å². The average Bonchev–Trinajstić information content (AvgIpc) is 3.26. The number of nitriles is 1. The molecule has 3 N–H and O–H groups in total. The Morgan fingerprint density at radius 3 is 2.81 bits per heavy atom. The van der Waals surface area contributed by atoms with Gasteiger partial charge >= 0.3 is 0 Å². The lowest BCUT2D eigenvalue weighted by molar-refractivity contribution is -0.114. The summed E-state index contributed by atoms with van der Waals surface area (Å²) >= 11 is 0. The molecule has 21 heavy (non-hydrogen) atoms. The lowest BCUT2D eigenvalue weighted by atomic mass is 10.2. The molecule has 1 aromatic heterocycles. The molecule has 1 fully saturated rings. The van der Waals surface area contributed by atoms with Gasteiger partial charge in [-0.1, -0.05) is 0 Å². The van der Waals surface area contributed by atoms with Crippen molar-refractivity contribution in [3.05, 3.63) is 41.6 Å². The minimum atomic E-state index is -0.134. The predicted molar refractivity (Wildman–Crippen MR) is 78.8 cm³/mol. The summed E-state index contributed by atoms with van der Waals surface area (Å²) in [6.45, 7) is 0.162. The highest BCUT2D eigenvalue weighted by molar-refractivity contribution is 5.93. The van der Waals surface area contributed by atoms with Crippen LogP contribution >= 0.6 is 0 Å². The highest BCUT2D eigenvalue weighted by Crippen LogP contribution is 2.42. The fraction of sp³-hybridized carbons (Fsp3) is 0.267. The number of hydrogen-bond acceptors (Lipinski definition) is 4. The zero-order valence-corrected chi connectivity index (χ0v) is 11.4. The van der Waals surface area contributed by atoms with Crippen LogP contribution in [0, 0.1) is 11.3 Å². The minimum Gasteiger partial charge on any atom is -0.376 e. The smallest absolute Gasteiger partial charge is 0.244 e. The molecule has 1 aliphatic rings. The van der Waals surface area contributed by atoms with Crippen molar-refractivity contribution in [3.63, 3.8) is 0 Å². The maximum atomic E-state index is 11.9. The van der Waals surface area contributed by atoms with Gasteiger partial charge in [-0.2, -0.15) is 10.4 Å². The Balaban J connectivity index is 1.54. The molecule has 6 heteroatoms. The first-order valence-electron chi connectivity index (χ1n) is 6.83. The van der Waals surface area contributed by atoms with Gasteiger partial charge in [-0.25, -0.2) is 0 Å². The monoisotopic (exact) mass is 281 g/mol. The number of carbonyl (C=O) groups is 1. The van der Waals surface area contributed by atoms with Gasteiger partial charge in [0.05, 0.1) is 24.4 Å². The van der Waals surface area contributed by atoms with Crippen molar-refractivity contribution in [1.82, 2.24) is 10.2 Å². The molecule has 106 valence electrons. The van der Waals surface area contributed by atoms with E-state index in [0.29, 0.717) is 17.3 Å². The molecule has 0 atom stereocenters. The summed E-state index contributed by atoms with van der Waals surface area (Å²) in [6.07, 6.45) is 4.10. The number of amides is 1. The Morgan fingerprint density at radius 2 is 2.14 bits per heavy atom. The van der Waals surface area contributed by atoms with Crippen molar-refractivity contribution in [2.75, 3.05) is 17.2 Å². The molecule has 0 unspecified atom stereocenters. The number of nitrogens with zero attached hydrogens (tertiary/aromatic N) is 2. The summed E-state index contributed by atoms with van der Waals surface area (Å²) in [6, 6.07) is 9.02. The van der Waals surface area contributed by atoms with Crippen molar-refractivity contribution >= 4 is 17.4 Å². The van der Waals surface area contributed by atoms with E-state index in [9.17, 15) is 4.79 Å². The van der Waals surface area contributed by atoms with Crippen molar-refractivity contribution < 1.29 is 4.79 Å². The zero-order chi connectivity index (χ0) is 14.7. The molecule has 1 aromatic carbocycles. The highest BCUT2D eigenvalue weighted by atomic mass is 16.2. The molecule has 1 saturated carbocycles. The van der Waals surface area contributed by atoms with Gasteiger partial charge in [0.15, 0.2) is 0 Å². The number of benzene rings is 1. The summed E-state index contributed by atoms with van der Waals surface area (Å²) in [5, 5.41) is 21.4. The van der Waals surface area contributed by atoms with Crippen LogP contribution in [0.4, 0.5) is 11.5 Å². The summed E-state index contributed by atoms with van der Waals surface area (Å²) in [5.41, 5.74) is 2.48. The van der Waals surface area contributed by atoms with Crippen molar-refractivity contribution in [2.24, 2.45) is 0 Å². The quantitative estimate of drug-likeness (QED) is 0.783. The predicted octanol–water partition coefficient (Wildman–Crippen LogP) is 2.21. The van der Waals surface area contributed by atoms with Gasteiger partial charge in [-0.15, -0.1) is 0 Å². The van der Waals surface area contributed by atoms with Gasteiger partial charge in [0.25, 0.3) is 0 Å². The molecule has 0 bridgehead atoms. The first-order valence-corrected chi connectivity index (χ1v) is 6.83. The molecule has 0 spiro atoms. The SMILES string of the molecule is N#Cc1ccc(NCC(=O)Nc2[nH]ncc2C2CC2)cc1. The second kappa shape index (κ2) is 5.67. The van der Waals surface area contributed by atoms with Gasteiger partial charge in [0.2, 0.25) is 5.91 Å². The van der Waals surface area contributed by atoms with Crippen LogP contribution in [0.15, 0.2) is 30.5 Å². The number of aromatic amines is 1. The number of anilines is 2. The molecule has 2 aromatic rings. The van der Waals surface area contributed by atoms with Crippen molar-refractivity contribution in [2.45, 2.75) is 18.8 Å². The summed E-state index contributed by atoms with van der Waals surface area (Å²) in [5.74, 6) is 1.10. The molecule has 6 nitrogen and oxygen atoms in total. The first kappa shape index (κ1) is 13.2. The second-order valence-corrected chi connectivity index (χ2v) is 5.07. The highest BCUT2D eigenvalue weighted by Gasteiger charge is 2.27. The number of rotatable bonds is 5. The van der Waals surface area contributed by atoms with Crippen LogP contribution in [0.1, 0.15) is 29.9 Å². The summed E-state index contributed by atoms with van der Waals surface area (Å²) in [7, 11) is 0. The van der Waals surface area contributed by atoms with E-state index in [0.717, 1.165) is 24.1 Å². The minimum absolute atomic E-state index is 0.134. The number of aromatic nitrogens is 2. The molecular weight excluding hydrogens is 266 g/mol. The van der Waals surface area contributed by atoms with Crippen LogP contribution < -0.4 is 10.6 Å². The molecule has 1 heterocycles. The normalized spacial score (nSPS) is 13.5. The third-order valence-corrected chi connectivity index (χ3v) is 3.42. The maximum absolute atomic E-state index is 11.9. The third-order valence-electron chi connectivity index (χ3n) is 3.42. The zero-order valence-electron chi connectivity index (χ0n) is 11.4. The Labute approximate surface area is 122 Å². The molecular formula is C15H15N5O. The Morgan fingerprint density at radius 1 is 1.38 bits per heavy atom. The van der Waals surface area contributed by atoms with E-state index < -0.39 is 0 Å². The van der Waals surface area contributed by atoms with Crippen molar-refractivity contribution in [1.29, 1.82) is 5.26 Å². The van der Waals surface area contributed by atoms with Gasteiger partial charge < -0.3 is 10.6 Å². The molecule has 0 saturated heterocycles. The number of H-pyrrole nitrogens is 1. The average molecular weight is 281 g/mol. The molecule has 3 rings (SSSR count). The Bertz CT molecular complexity index is 679. The first-order chi connectivity index (χ1) is 10.3. The molecule has 0 radical (unpaired) electrons. The van der Waals surface area contributed by atoms with E-state index in [-0.39, 0.29) is 12.5 Å².